The lowest BCUT2D eigenvalue weighted by molar-refractivity contribution is -0.147. The highest BCUT2D eigenvalue weighted by atomic mass is 16.4. The first-order valence-electron chi connectivity index (χ1n) is 6.25. The van der Waals surface area contributed by atoms with E-state index in [0.29, 0.717) is 19.4 Å². The van der Waals surface area contributed by atoms with Gasteiger partial charge in [-0.3, -0.25) is 9.59 Å². The first-order valence-corrected chi connectivity index (χ1v) is 6.25. The smallest absolute Gasteiger partial charge is 0.307 e. The molecule has 0 spiro atoms. The van der Waals surface area contributed by atoms with Crippen LogP contribution in [0.15, 0.2) is 12.2 Å². The second kappa shape index (κ2) is 6.54. The van der Waals surface area contributed by atoms with Crippen LogP contribution >= 0.6 is 0 Å². The number of carbonyl (C=O) groups is 2. The summed E-state index contributed by atoms with van der Waals surface area (Å²) >= 11 is 0. The standard InChI is InChI=1S/C13H22N2O3/c1-9(15(2)3)8-14-12(16)10-6-4-5-7-11(10)13(17)18/h4-5,9-11H,6-8H2,1-3H3,(H,14,16)(H,17,18)/t9?,10-,11+/m1/s1. The molecule has 0 bridgehead atoms. The maximum atomic E-state index is 12.0. The molecule has 0 radical (unpaired) electrons. The van der Waals surface area contributed by atoms with Gasteiger partial charge in [-0.1, -0.05) is 12.2 Å². The summed E-state index contributed by atoms with van der Waals surface area (Å²) in [6, 6.07) is 0.233. The first-order chi connectivity index (χ1) is 8.43. The summed E-state index contributed by atoms with van der Waals surface area (Å²) in [7, 11) is 3.89. The van der Waals surface area contributed by atoms with Gasteiger partial charge < -0.3 is 15.3 Å². The molecule has 3 atom stereocenters. The predicted octanol–water partition coefficient (Wildman–Crippen LogP) is 0.720. The number of amides is 1. The molecule has 2 N–H and O–H groups in total. The van der Waals surface area contributed by atoms with Gasteiger partial charge in [0.15, 0.2) is 0 Å². The molecule has 1 aliphatic carbocycles. The van der Waals surface area contributed by atoms with Gasteiger partial charge in [-0.25, -0.2) is 0 Å². The highest BCUT2D eigenvalue weighted by molar-refractivity contribution is 5.85. The van der Waals surface area contributed by atoms with Gasteiger partial charge in [-0.2, -0.15) is 0 Å². The Bertz CT molecular complexity index is 339. The Labute approximate surface area is 108 Å². The Morgan fingerprint density at radius 1 is 1.33 bits per heavy atom. The summed E-state index contributed by atoms with van der Waals surface area (Å²) in [6.07, 6.45) is 4.68. The van der Waals surface area contributed by atoms with Crippen molar-refractivity contribution >= 4 is 11.9 Å². The van der Waals surface area contributed by atoms with E-state index in [9.17, 15) is 9.59 Å². The summed E-state index contributed by atoms with van der Waals surface area (Å²) in [5.74, 6) is -2.08. The number of carbonyl (C=O) groups excluding carboxylic acids is 1. The summed E-state index contributed by atoms with van der Waals surface area (Å²) in [5, 5.41) is 11.9. The molecule has 0 aromatic rings. The highest BCUT2D eigenvalue weighted by Gasteiger charge is 2.33. The lowest BCUT2D eigenvalue weighted by Crippen LogP contribution is -2.43. The molecule has 0 aromatic heterocycles. The Hall–Kier alpha value is -1.36. The van der Waals surface area contributed by atoms with Gasteiger partial charge in [0.1, 0.15) is 0 Å². The van der Waals surface area contributed by atoms with Gasteiger partial charge in [0.25, 0.3) is 0 Å². The minimum absolute atomic E-state index is 0.152. The zero-order valence-electron chi connectivity index (χ0n) is 11.2. The van der Waals surface area contributed by atoms with Crippen LogP contribution in [0.25, 0.3) is 0 Å². The number of aliphatic carboxylic acids is 1. The molecule has 1 aliphatic rings. The number of nitrogens with zero attached hydrogens (tertiary/aromatic N) is 1. The fourth-order valence-corrected chi connectivity index (χ4v) is 1.94. The van der Waals surface area contributed by atoms with Crippen LogP contribution in [0.1, 0.15) is 19.8 Å². The van der Waals surface area contributed by atoms with Crippen molar-refractivity contribution < 1.29 is 14.7 Å². The molecule has 102 valence electrons. The van der Waals surface area contributed by atoms with E-state index < -0.39 is 17.8 Å². The third-order valence-corrected chi connectivity index (χ3v) is 3.54. The topological polar surface area (TPSA) is 69.6 Å². The van der Waals surface area contributed by atoms with E-state index in [0.717, 1.165) is 0 Å². The third-order valence-electron chi connectivity index (χ3n) is 3.54. The Morgan fingerprint density at radius 2 is 1.89 bits per heavy atom. The van der Waals surface area contributed by atoms with E-state index in [-0.39, 0.29) is 11.9 Å². The average Bonchev–Trinajstić information content (AvgIpc) is 2.35. The van der Waals surface area contributed by atoms with Crippen molar-refractivity contribution in [2.75, 3.05) is 20.6 Å². The molecular formula is C13H22N2O3. The molecule has 0 saturated carbocycles. The number of rotatable bonds is 5. The van der Waals surface area contributed by atoms with E-state index >= 15 is 0 Å². The van der Waals surface area contributed by atoms with Crippen LogP contribution in [0.4, 0.5) is 0 Å². The van der Waals surface area contributed by atoms with E-state index in [2.05, 4.69) is 5.32 Å². The minimum atomic E-state index is -0.889. The van der Waals surface area contributed by atoms with Gasteiger partial charge in [-0.05, 0) is 33.9 Å². The summed E-state index contributed by atoms with van der Waals surface area (Å²) in [4.78, 5) is 25.1. The normalized spacial score (nSPS) is 24.9. The van der Waals surface area contributed by atoms with Crippen molar-refractivity contribution in [3.8, 4) is 0 Å². The molecule has 0 fully saturated rings. The van der Waals surface area contributed by atoms with Crippen LogP contribution in [-0.4, -0.2) is 48.6 Å². The van der Waals surface area contributed by atoms with Crippen molar-refractivity contribution in [3.05, 3.63) is 12.2 Å². The Kier molecular flexibility index (Phi) is 5.34. The maximum absolute atomic E-state index is 12.0. The second-order valence-electron chi connectivity index (χ2n) is 5.05. The molecule has 0 aromatic carbocycles. The Morgan fingerprint density at radius 3 is 2.39 bits per heavy atom. The van der Waals surface area contributed by atoms with Crippen LogP contribution in [-0.2, 0) is 9.59 Å². The molecule has 1 amide bonds. The van der Waals surface area contributed by atoms with Crippen LogP contribution in [0.5, 0.6) is 0 Å². The first kappa shape index (κ1) is 14.7. The molecule has 5 heteroatoms. The van der Waals surface area contributed by atoms with Gasteiger partial charge in [0.05, 0.1) is 11.8 Å². The number of carboxylic acids is 1. The zero-order valence-corrected chi connectivity index (χ0v) is 11.2. The van der Waals surface area contributed by atoms with Crippen molar-refractivity contribution in [2.45, 2.75) is 25.8 Å². The van der Waals surface area contributed by atoms with Gasteiger partial charge in [-0.15, -0.1) is 0 Å². The van der Waals surface area contributed by atoms with Crippen LogP contribution in [0, 0.1) is 11.8 Å². The molecule has 0 saturated heterocycles. The van der Waals surface area contributed by atoms with Gasteiger partial charge in [0.2, 0.25) is 5.91 Å². The second-order valence-corrected chi connectivity index (χ2v) is 5.05. The SMILES string of the molecule is CC(CNC(=O)[C@@H]1CC=CC[C@@H]1C(=O)O)N(C)C. The number of carboxylic acid groups (broad SMARTS) is 1. The molecule has 1 unspecified atom stereocenters. The zero-order chi connectivity index (χ0) is 13.7. The average molecular weight is 254 g/mol. The van der Waals surface area contributed by atoms with Crippen molar-refractivity contribution in [1.29, 1.82) is 0 Å². The third kappa shape index (κ3) is 3.84. The van der Waals surface area contributed by atoms with Crippen molar-refractivity contribution in [2.24, 2.45) is 11.8 Å². The van der Waals surface area contributed by atoms with Crippen LogP contribution in [0.2, 0.25) is 0 Å². The van der Waals surface area contributed by atoms with E-state index in [1.807, 2.05) is 38.1 Å². The molecular weight excluding hydrogens is 232 g/mol. The van der Waals surface area contributed by atoms with Gasteiger partial charge in [0, 0.05) is 12.6 Å². The van der Waals surface area contributed by atoms with Gasteiger partial charge >= 0.3 is 5.97 Å². The molecule has 18 heavy (non-hydrogen) atoms. The summed E-state index contributed by atoms with van der Waals surface area (Å²) < 4.78 is 0. The van der Waals surface area contributed by atoms with Crippen molar-refractivity contribution in [1.82, 2.24) is 10.2 Å². The maximum Gasteiger partial charge on any atom is 0.307 e. The fourth-order valence-electron chi connectivity index (χ4n) is 1.94. The lowest BCUT2D eigenvalue weighted by Gasteiger charge is -2.26. The van der Waals surface area contributed by atoms with E-state index in [4.69, 9.17) is 5.11 Å². The summed E-state index contributed by atoms with van der Waals surface area (Å²) in [5.41, 5.74) is 0. The minimum Gasteiger partial charge on any atom is -0.481 e. The quantitative estimate of drug-likeness (QED) is 0.709. The van der Waals surface area contributed by atoms with Crippen molar-refractivity contribution in [3.63, 3.8) is 0 Å². The fraction of sp³-hybridized carbons (Fsp3) is 0.692. The monoisotopic (exact) mass is 254 g/mol. The Balaban J connectivity index is 2.54. The van der Waals surface area contributed by atoms with Crippen LogP contribution in [0.3, 0.4) is 0 Å². The molecule has 0 heterocycles. The predicted molar refractivity (Wildman–Crippen MR) is 69.1 cm³/mol. The summed E-state index contributed by atoms with van der Waals surface area (Å²) in [6.45, 7) is 2.55. The number of hydrogen-bond donors (Lipinski definition) is 2. The number of nitrogens with one attached hydrogen (secondary N) is 1. The number of hydrogen-bond acceptors (Lipinski definition) is 3. The van der Waals surface area contributed by atoms with E-state index in [1.165, 1.54) is 0 Å². The van der Waals surface area contributed by atoms with E-state index in [1.54, 1.807) is 0 Å². The number of allylic oxidation sites excluding steroid dienone is 2. The number of likely N-dealkylation sites (N-methyl/N-ethyl adjacent to an activating group) is 1. The molecule has 0 aliphatic heterocycles. The molecule has 1 rings (SSSR count). The lowest BCUT2D eigenvalue weighted by atomic mass is 9.82. The largest absolute Gasteiger partial charge is 0.481 e. The highest BCUT2D eigenvalue weighted by Crippen LogP contribution is 2.25. The van der Waals surface area contributed by atoms with Crippen LogP contribution < -0.4 is 5.32 Å². The molecule has 5 nitrogen and oxygen atoms in total.